The van der Waals surface area contributed by atoms with Gasteiger partial charge < -0.3 is 102 Å². The minimum Gasteiger partial charge on any atom is -0.481 e. The lowest BCUT2D eigenvalue weighted by Gasteiger charge is -2.03. The van der Waals surface area contributed by atoms with E-state index in [0.717, 1.165) is 25.7 Å². The fraction of sp³-hybridized carbons (Fsp3) is 0.968. The van der Waals surface area contributed by atoms with E-state index in [-0.39, 0.29) is 79.3 Å². The monoisotopic (exact) mass is 1230 g/mol. The van der Waals surface area contributed by atoms with E-state index >= 15 is 0 Å². The largest absolute Gasteiger partial charge is 0.481 e. The van der Waals surface area contributed by atoms with E-state index in [2.05, 4.69) is 13.8 Å². The van der Waals surface area contributed by atoms with Crippen molar-refractivity contribution in [3.63, 3.8) is 0 Å². The Labute approximate surface area is 508 Å². The first-order chi connectivity index (χ1) is 40.4. The highest BCUT2D eigenvalue weighted by molar-refractivity contribution is 5.66. The molecule has 516 valence electrons. The van der Waals surface area contributed by atoms with E-state index < -0.39 is 48.6 Å². The second-order valence-electron chi connectivity index (χ2n) is 21.1. The minimum atomic E-state index is -0.954. The van der Waals surface area contributed by atoms with Crippen molar-refractivity contribution in [2.75, 3.05) is 79.3 Å². The maximum atomic E-state index is 10.4. The van der Waals surface area contributed by atoms with Crippen LogP contribution in [-0.4, -0.2) is 230 Å². The molecule has 0 saturated heterocycles. The van der Waals surface area contributed by atoms with Gasteiger partial charge in [-0.15, -0.1) is 0 Å². The van der Waals surface area contributed by atoms with Crippen molar-refractivity contribution < 1.29 is 112 Å². The number of rotatable bonds is 52. The number of carboxylic acid groups (broad SMARTS) is 2. The average molecular weight is 1230 g/mol. The molecule has 0 atom stereocenters. The van der Waals surface area contributed by atoms with E-state index in [1.54, 1.807) is 0 Å². The number of aliphatic hydroxyl groups excluding tert-OH is 18. The highest BCUT2D eigenvalue weighted by Gasteiger charge is 2.01. The van der Waals surface area contributed by atoms with Gasteiger partial charge in [0, 0.05) is 12.8 Å². The Morgan fingerprint density at radius 1 is 0.202 bits per heavy atom. The molecule has 0 unspecified atom stereocenters. The Morgan fingerprint density at radius 3 is 0.369 bits per heavy atom. The van der Waals surface area contributed by atoms with Gasteiger partial charge in [0.15, 0.2) is 0 Å². The zero-order valence-corrected chi connectivity index (χ0v) is 53.0. The molecular weight excluding hydrogens is 1100 g/mol. The van der Waals surface area contributed by atoms with Crippen LogP contribution < -0.4 is 0 Å². The molecular formula is C62H136O22. The van der Waals surface area contributed by atoms with Crippen LogP contribution in [0.3, 0.4) is 0 Å². The highest BCUT2D eigenvalue weighted by atomic mass is 16.4. The molecule has 84 heavy (non-hydrogen) atoms. The van der Waals surface area contributed by atoms with Gasteiger partial charge in [-0.3, -0.25) is 9.59 Å². The summed E-state index contributed by atoms with van der Waals surface area (Å²) in [4.78, 5) is 20.8. The molecule has 20 N–H and O–H groups in total. The zero-order valence-electron chi connectivity index (χ0n) is 53.0. The van der Waals surface area contributed by atoms with Crippen LogP contribution in [-0.2, 0) is 9.59 Å². The number of carboxylic acids is 2. The Bertz CT molecular complexity index is 951. The van der Waals surface area contributed by atoms with Gasteiger partial charge in [-0.05, 0) is 12.8 Å². The molecule has 0 amide bonds. The van der Waals surface area contributed by atoms with Crippen LogP contribution in [0.5, 0.6) is 0 Å². The maximum absolute atomic E-state index is 10.4. The van der Waals surface area contributed by atoms with Crippen LogP contribution in [0.25, 0.3) is 0 Å². The van der Waals surface area contributed by atoms with Gasteiger partial charge in [0.05, 0.1) is 79.3 Å². The summed E-state index contributed by atoms with van der Waals surface area (Å²) in [5, 5.41) is 161. The summed E-state index contributed by atoms with van der Waals surface area (Å²) in [7, 11) is 0. The smallest absolute Gasteiger partial charge is 0.303 e. The first-order valence-electron chi connectivity index (χ1n) is 32.2. The van der Waals surface area contributed by atoms with E-state index in [1.807, 2.05) is 0 Å². The van der Waals surface area contributed by atoms with Crippen molar-refractivity contribution in [1.29, 1.82) is 0 Å². The van der Waals surface area contributed by atoms with Crippen LogP contribution in [0.2, 0.25) is 0 Å². The van der Waals surface area contributed by atoms with Gasteiger partial charge in [0.1, 0.15) is 36.6 Å². The lowest BCUT2D eigenvalue weighted by Crippen LogP contribution is -2.15. The Kier molecular flexibility index (Phi) is 111. The standard InChI is InChI=1S/2C22H44O2.6C3H8O3/c2*1-2-3-4-5-6-7-8-9-10-11-12-13-14-15-16-17-18-19-20-21-22(23)24;6*4-1-3(6)2-5/h2*2-21H2,1H3,(H,23,24);6*3-6H,1-2H2. The lowest BCUT2D eigenvalue weighted by atomic mass is 10.0. The molecule has 0 rings (SSSR count). The molecule has 0 saturated carbocycles. The van der Waals surface area contributed by atoms with E-state index in [1.165, 1.54) is 218 Å². The summed E-state index contributed by atoms with van der Waals surface area (Å²) in [5.41, 5.74) is 0. The Hall–Kier alpha value is -1.78. The van der Waals surface area contributed by atoms with Crippen molar-refractivity contribution in [2.45, 2.75) is 307 Å². The topological polar surface area (TPSA) is 439 Å². The van der Waals surface area contributed by atoms with Crippen molar-refractivity contribution in [2.24, 2.45) is 0 Å². The molecule has 0 aromatic rings. The number of hydrogen-bond acceptors (Lipinski definition) is 20. The van der Waals surface area contributed by atoms with Gasteiger partial charge in [-0.25, -0.2) is 0 Å². The minimum absolute atomic E-state index is 0.346. The number of carbonyl (C=O) groups is 2. The first kappa shape index (κ1) is 98.5. The summed E-state index contributed by atoms with van der Waals surface area (Å²) in [6.07, 6.45) is 46.5. The van der Waals surface area contributed by atoms with Gasteiger partial charge in [-0.2, -0.15) is 0 Å². The number of hydrogen-bond donors (Lipinski definition) is 20. The van der Waals surface area contributed by atoms with Gasteiger partial charge in [0.25, 0.3) is 0 Å². The molecule has 0 aliphatic rings. The van der Waals surface area contributed by atoms with Crippen LogP contribution >= 0.6 is 0 Å². The van der Waals surface area contributed by atoms with E-state index in [4.69, 9.17) is 102 Å². The molecule has 0 aliphatic heterocycles. The summed E-state index contributed by atoms with van der Waals surface area (Å²) >= 11 is 0. The molecule has 22 heteroatoms. The second-order valence-corrected chi connectivity index (χ2v) is 21.1. The van der Waals surface area contributed by atoms with Crippen molar-refractivity contribution in [3.05, 3.63) is 0 Å². The molecule has 0 bridgehead atoms. The predicted molar refractivity (Wildman–Crippen MR) is 332 cm³/mol. The Morgan fingerprint density at radius 2 is 0.298 bits per heavy atom. The first-order valence-corrected chi connectivity index (χ1v) is 32.2. The third-order valence-electron chi connectivity index (χ3n) is 12.5. The predicted octanol–water partition coefficient (Wildman–Crippen LogP) is 5.78. The molecule has 0 radical (unpaired) electrons. The Balaban J connectivity index is -0.000000146. The summed E-state index contributed by atoms with van der Waals surface area (Å²) in [6, 6.07) is 0. The van der Waals surface area contributed by atoms with Crippen LogP contribution in [0.1, 0.15) is 271 Å². The third-order valence-corrected chi connectivity index (χ3v) is 12.5. The van der Waals surface area contributed by atoms with Gasteiger partial charge >= 0.3 is 11.9 Å². The number of unbranched alkanes of at least 4 members (excludes halogenated alkanes) is 36. The van der Waals surface area contributed by atoms with E-state index in [0.29, 0.717) is 12.8 Å². The number of aliphatic hydroxyl groups is 18. The summed E-state index contributed by atoms with van der Waals surface area (Å²) in [5.74, 6) is -1.30. The van der Waals surface area contributed by atoms with Crippen molar-refractivity contribution in [3.8, 4) is 0 Å². The number of aliphatic carboxylic acids is 2. The third kappa shape index (κ3) is 122. The van der Waals surface area contributed by atoms with Crippen LogP contribution in [0.4, 0.5) is 0 Å². The van der Waals surface area contributed by atoms with Gasteiger partial charge in [-0.1, -0.05) is 245 Å². The molecule has 0 fully saturated rings. The molecule has 0 aromatic carbocycles. The van der Waals surface area contributed by atoms with Crippen molar-refractivity contribution in [1.82, 2.24) is 0 Å². The second kappa shape index (κ2) is 94.9. The summed E-state index contributed by atoms with van der Waals surface area (Å²) in [6.45, 7) is 0.191. The molecule has 0 heterocycles. The van der Waals surface area contributed by atoms with Crippen LogP contribution in [0.15, 0.2) is 0 Å². The zero-order chi connectivity index (χ0) is 65.4. The fourth-order valence-electron chi connectivity index (χ4n) is 7.06. The molecule has 0 aliphatic carbocycles. The molecule has 0 aromatic heterocycles. The SMILES string of the molecule is CCCCCCCCCCCCCCCCCCCCCC(=O)O.CCCCCCCCCCCCCCCCCCCCCC(=O)O.OCC(O)CO.OCC(O)CO.OCC(O)CO.OCC(O)CO.OCC(O)CO.OCC(O)CO. The van der Waals surface area contributed by atoms with Crippen molar-refractivity contribution >= 4 is 11.9 Å². The quantitative estimate of drug-likeness (QED) is 0.0321. The maximum Gasteiger partial charge on any atom is 0.303 e. The summed E-state index contributed by atoms with van der Waals surface area (Å²) < 4.78 is 0. The average Bonchev–Trinajstić information content (AvgIpc) is 3.51. The highest BCUT2D eigenvalue weighted by Crippen LogP contribution is 2.17. The molecule has 22 nitrogen and oxygen atoms in total. The fourth-order valence-corrected chi connectivity index (χ4v) is 7.06. The lowest BCUT2D eigenvalue weighted by molar-refractivity contribution is -0.138. The van der Waals surface area contributed by atoms with Crippen LogP contribution in [0, 0.1) is 0 Å². The molecule has 0 spiro atoms. The van der Waals surface area contributed by atoms with E-state index in [9.17, 15) is 9.59 Å². The normalized spacial score (nSPS) is 10.6. The van der Waals surface area contributed by atoms with Gasteiger partial charge in [0.2, 0.25) is 0 Å².